The summed E-state index contributed by atoms with van der Waals surface area (Å²) in [7, 11) is 0. The van der Waals surface area contributed by atoms with Crippen molar-refractivity contribution in [1.82, 2.24) is 4.98 Å². The molecule has 0 aliphatic carbocycles. The van der Waals surface area contributed by atoms with Crippen LogP contribution in [0.25, 0.3) is 0 Å². The minimum Gasteiger partial charge on any atom is -0.384 e. The van der Waals surface area contributed by atoms with Crippen LogP contribution in [-0.4, -0.2) is 11.5 Å². The molecule has 0 unspecified atom stereocenters. The third-order valence-electron chi connectivity index (χ3n) is 3.44. The average Bonchev–Trinajstić information content (AvgIpc) is 2.86. The lowest BCUT2D eigenvalue weighted by Gasteiger charge is -2.12. The molecular weight excluding hydrogens is 222 g/mol. The predicted molar refractivity (Wildman–Crippen MR) is 74.9 cm³/mol. The quantitative estimate of drug-likeness (QED) is 0.864. The van der Waals surface area contributed by atoms with Gasteiger partial charge in [0, 0.05) is 25.0 Å². The van der Waals surface area contributed by atoms with Crippen molar-refractivity contribution in [3.63, 3.8) is 0 Å². The summed E-state index contributed by atoms with van der Waals surface area (Å²) in [6.07, 6.45) is 4.84. The number of anilines is 2. The Morgan fingerprint density at radius 2 is 2.28 bits per heavy atom. The topological polar surface area (TPSA) is 37.0 Å². The second-order valence-corrected chi connectivity index (χ2v) is 4.67. The number of pyridine rings is 1. The molecule has 2 N–H and O–H groups in total. The highest BCUT2D eigenvalue weighted by Crippen LogP contribution is 2.27. The summed E-state index contributed by atoms with van der Waals surface area (Å²) in [6, 6.07) is 8.54. The molecule has 0 fully saturated rings. The maximum atomic E-state index is 4.15. The first kappa shape index (κ1) is 11.1. The van der Waals surface area contributed by atoms with Crippen molar-refractivity contribution in [3.8, 4) is 0 Å². The third kappa shape index (κ3) is 2.04. The van der Waals surface area contributed by atoms with E-state index in [-0.39, 0.29) is 0 Å². The Bertz CT molecular complexity index is 563. The highest BCUT2D eigenvalue weighted by molar-refractivity contribution is 5.62. The fourth-order valence-electron chi connectivity index (χ4n) is 2.40. The van der Waals surface area contributed by atoms with Gasteiger partial charge in [-0.3, -0.25) is 4.98 Å². The Morgan fingerprint density at radius 1 is 1.33 bits per heavy atom. The first-order chi connectivity index (χ1) is 8.84. The van der Waals surface area contributed by atoms with Crippen molar-refractivity contribution < 1.29 is 0 Å². The van der Waals surface area contributed by atoms with E-state index < -0.39 is 0 Å². The molecule has 0 saturated heterocycles. The van der Waals surface area contributed by atoms with Crippen LogP contribution in [0.4, 0.5) is 11.4 Å². The highest BCUT2D eigenvalue weighted by Gasteiger charge is 2.13. The summed E-state index contributed by atoms with van der Waals surface area (Å²) < 4.78 is 0. The van der Waals surface area contributed by atoms with E-state index in [0.29, 0.717) is 0 Å². The van der Waals surface area contributed by atoms with Crippen LogP contribution >= 0.6 is 0 Å². The molecule has 3 nitrogen and oxygen atoms in total. The van der Waals surface area contributed by atoms with E-state index in [1.165, 1.54) is 22.4 Å². The second kappa shape index (κ2) is 4.69. The zero-order chi connectivity index (χ0) is 12.4. The minimum atomic E-state index is 0.836. The van der Waals surface area contributed by atoms with Crippen LogP contribution in [0.5, 0.6) is 0 Å². The van der Waals surface area contributed by atoms with Gasteiger partial charge in [-0.1, -0.05) is 18.2 Å². The molecule has 1 aromatic heterocycles. The molecule has 0 amide bonds. The van der Waals surface area contributed by atoms with Crippen molar-refractivity contribution in [2.24, 2.45) is 0 Å². The van der Waals surface area contributed by atoms with E-state index in [1.807, 2.05) is 18.5 Å². The zero-order valence-electron chi connectivity index (χ0n) is 10.5. The van der Waals surface area contributed by atoms with Gasteiger partial charge >= 0.3 is 0 Å². The number of aromatic nitrogens is 1. The normalized spacial score (nSPS) is 12.9. The van der Waals surface area contributed by atoms with Crippen LogP contribution in [0, 0.1) is 6.92 Å². The number of rotatable bonds is 3. The molecule has 0 saturated carbocycles. The molecule has 0 atom stereocenters. The molecule has 3 heteroatoms. The molecule has 0 radical (unpaired) electrons. The highest BCUT2D eigenvalue weighted by atomic mass is 14.9. The van der Waals surface area contributed by atoms with Crippen LogP contribution in [0.2, 0.25) is 0 Å². The van der Waals surface area contributed by atoms with Gasteiger partial charge in [0.25, 0.3) is 0 Å². The Labute approximate surface area is 107 Å². The predicted octanol–water partition coefficient (Wildman–Crippen LogP) is 2.97. The van der Waals surface area contributed by atoms with Gasteiger partial charge < -0.3 is 10.6 Å². The monoisotopic (exact) mass is 239 g/mol. The SMILES string of the molecule is Cc1ccncc1NCc1cccc2c1NCC2. The van der Waals surface area contributed by atoms with Crippen LogP contribution in [0.1, 0.15) is 16.7 Å². The van der Waals surface area contributed by atoms with Crippen molar-refractivity contribution >= 4 is 11.4 Å². The maximum Gasteiger partial charge on any atom is 0.0559 e. The van der Waals surface area contributed by atoms with E-state index in [1.54, 1.807) is 0 Å². The molecule has 3 rings (SSSR count). The molecule has 92 valence electrons. The molecule has 0 spiro atoms. The first-order valence-electron chi connectivity index (χ1n) is 6.34. The number of fused-ring (bicyclic) bond motifs is 1. The van der Waals surface area contributed by atoms with E-state index in [2.05, 4.69) is 40.7 Å². The Morgan fingerprint density at radius 3 is 3.17 bits per heavy atom. The lowest BCUT2D eigenvalue weighted by Crippen LogP contribution is -2.04. The number of hydrogen-bond donors (Lipinski definition) is 2. The summed E-state index contributed by atoms with van der Waals surface area (Å²) in [5.41, 5.74) is 6.40. The van der Waals surface area contributed by atoms with Crippen LogP contribution in [0.3, 0.4) is 0 Å². The zero-order valence-corrected chi connectivity index (χ0v) is 10.5. The number of nitrogens with one attached hydrogen (secondary N) is 2. The molecule has 1 aliphatic rings. The van der Waals surface area contributed by atoms with Gasteiger partial charge in [-0.15, -0.1) is 0 Å². The van der Waals surface area contributed by atoms with E-state index in [4.69, 9.17) is 0 Å². The standard InChI is InChI=1S/C15H17N3/c1-11-5-7-16-10-14(11)18-9-13-4-2-3-12-6-8-17-15(12)13/h2-5,7,10,17-18H,6,8-9H2,1H3. The molecule has 18 heavy (non-hydrogen) atoms. The molecule has 0 bridgehead atoms. The van der Waals surface area contributed by atoms with Crippen molar-refractivity contribution in [2.75, 3.05) is 17.2 Å². The van der Waals surface area contributed by atoms with Gasteiger partial charge in [-0.25, -0.2) is 0 Å². The summed E-state index contributed by atoms with van der Waals surface area (Å²) in [5, 5.41) is 6.92. The lowest BCUT2D eigenvalue weighted by molar-refractivity contribution is 1.11. The smallest absolute Gasteiger partial charge is 0.0559 e. The van der Waals surface area contributed by atoms with Crippen LogP contribution in [0.15, 0.2) is 36.7 Å². The summed E-state index contributed by atoms with van der Waals surface area (Å²) in [5.74, 6) is 0. The molecule has 1 aromatic carbocycles. The number of hydrogen-bond acceptors (Lipinski definition) is 3. The summed E-state index contributed by atoms with van der Waals surface area (Å²) >= 11 is 0. The van der Waals surface area contributed by atoms with Gasteiger partial charge in [0.2, 0.25) is 0 Å². The molecule has 2 aromatic rings. The number of nitrogens with zero attached hydrogens (tertiary/aromatic N) is 1. The second-order valence-electron chi connectivity index (χ2n) is 4.67. The Kier molecular flexibility index (Phi) is 2.89. The number of aryl methyl sites for hydroxylation is 1. The first-order valence-corrected chi connectivity index (χ1v) is 6.34. The van der Waals surface area contributed by atoms with Crippen molar-refractivity contribution in [1.29, 1.82) is 0 Å². The fourth-order valence-corrected chi connectivity index (χ4v) is 2.40. The van der Waals surface area contributed by atoms with Crippen LogP contribution < -0.4 is 10.6 Å². The summed E-state index contributed by atoms with van der Waals surface area (Å²) in [6.45, 7) is 3.98. The minimum absolute atomic E-state index is 0.836. The molecular formula is C15H17N3. The third-order valence-corrected chi connectivity index (χ3v) is 3.44. The summed E-state index contributed by atoms with van der Waals surface area (Å²) in [4.78, 5) is 4.15. The molecule has 1 aliphatic heterocycles. The maximum absolute atomic E-state index is 4.15. The van der Waals surface area contributed by atoms with Gasteiger partial charge in [0.05, 0.1) is 11.9 Å². The van der Waals surface area contributed by atoms with E-state index >= 15 is 0 Å². The molecule has 2 heterocycles. The van der Waals surface area contributed by atoms with Gasteiger partial charge in [0.15, 0.2) is 0 Å². The number of para-hydroxylation sites is 1. The van der Waals surface area contributed by atoms with Gasteiger partial charge in [-0.2, -0.15) is 0 Å². The van der Waals surface area contributed by atoms with Crippen molar-refractivity contribution in [2.45, 2.75) is 19.9 Å². The lowest BCUT2D eigenvalue weighted by atomic mass is 10.1. The Hall–Kier alpha value is -2.03. The van der Waals surface area contributed by atoms with E-state index in [9.17, 15) is 0 Å². The Balaban J connectivity index is 1.78. The van der Waals surface area contributed by atoms with E-state index in [0.717, 1.165) is 25.2 Å². The van der Waals surface area contributed by atoms with Gasteiger partial charge in [-0.05, 0) is 36.1 Å². The fraction of sp³-hybridized carbons (Fsp3) is 0.267. The number of benzene rings is 1. The average molecular weight is 239 g/mol. The largest absolute Gasteiger partial charge is 0.384 e. The van der Waals surface area contributed by atoms with Crippen LogP contribution in [-0.2, 0) is 13.0 Å². The van der Waals surface area contributed by atoms with Crippen molar-refractivity contribution in [3.05, 3.63) is 53.3 Å². The van der Waals surface area contributed by atoms with Gasteiger partial charge in [0.1, 0.15) is 0 Å².